The van der Waals surface area contributed by atoms with Crippen LogP contribution in [-0.2, 0) is 0 Å². The molecule has 21 heavy (non-hydrogen) atoms. The molecule has 0 bridgehead atoms. The van der Waals surface area contributed by atoms with Gasteiger partial charge < -0.3 is 4.74 Å². The normalized spacial score (nSPS) is 18.4. The fourth-order valence-corrected chi connectivity index (χ4v) is 4.65. The molecule has 1 aliphatic heterocycles. The lowest BCUT2D eigenvalue weighted by Gasteiger charge is -2.09. The van der Waals surface area contributed by atoms with Crippen LogP contribution in [0.5, 0.6) is 5.75 Å². The number of hydrogen-bond donors (Lipinski definition) is 0. The van der Waals surface area contributed by atoms with E-state index in [1.807, 2.05) is 0 Å². The van der Waals surface area contributed by atoms with Crippen LogP contribution in [0.4, 0.5) is 13.2 Å². The van der Waals surface area contributed by atoms with Gasteiger partial charge in [-0.15, -0.1) is 36.7 Å². The van der Waals surface area contributed by atoms with E-state index in [2.05, 4.69) is 4.74 Å². The predicted molar refractivity (Wildman–Crippen MR) is 73.7 cm³/mol. The third kappa shape index (κ3) is 2.69. The second kappa shape index (κ2) is 5.10. The van der Waals surface area contributed by atoms with Crippen LogP contribution in [0.15, 0.2) is 28.0 Å². The lowest BCUT2D eigenvalue weighted by Crippen LogP contribution is -2.17. The zero-order chi connectivity index (χ0) is 15.2. The van der Waals surface area contributed by atoms with Crippen LogP contribution in [0, 0.1) is 0 Å². The van der Waals surface area contributed by atoms with Crippen molar-refractivity contribution in [3.05, 3.63) is 39.1 Å². The smallest absolute Gasteiger partial charge is 0.406 e. The quantitative estimate of drug-likeness (QED) is 0.580. The Hall–Kier alpha value is -1.41. The van der Waals surface area contributed by atoms with Gasteiger partial charge in [0, 0.05) is 22.6 Å². The molecule has 1 aromatic rings. The number of ketones is 2. The highest BCUT2D eigenvalue weighted by atomic mass is 32.2. The van der Waals surface area contributed by atoms with Gasteiger partial charge in [-0.05, 0) is 18.2 Å². The maximum Gasteiger partial charge on any atom is 0.573 e. The summed E-state index contributed by atoms with van der Waals surface area (Å²) < 4.78 is 41.0. The molecule has 0 aromatic heterocycles. The van der Waals surface area contributed by atoms with Crippen LogP contribution in [0.25, 0.3) is 0 Å². The minimum Gasteiger partial charge on any atom is -0.406 e. The van der Waals surface area contributed by atoms with Gasteiger partial charge in [0.05, 0.1) is 9.81 Å². The maximum atomic E-state index is 12.3. The SMILES string of the molecule is O=C1C(=C2SCCS2)C(=O)c2cc(OC(F)(F)F)ccc21. The Balaban J connectivity index is 2.01. The Kier molecular flexibility index (Phi) is 3.53. The van der Waals surface area contributed by atoms with E-state index in [9.17, 15) is 22.8 Å². The van der Waals surface area contributed by atoms with Gasteiger partial charge in [0.1, 0.15) is 5.75 Å². The summed E-state index contributed by atoms with van der Waals surface area (Å²) in [5, 5.41) is 0. The third-order valence-electron chi connectivity index (χ3n) is 2.92. The molecule has 0 N–H and O–H groups in total. The average Bonchev–Trinajstić information content (AvgIpc) is 2.97. The highest BCUT2D eigenvalue weighted by Crippen LogP contribution is 2.43. The van der Waals surface area contributed by atoms with Crippen molar-refractivity contribution in [2.24, 2.45) is 0 Å². The second-order valence-corrected chi connectivity index (χ2v) is 6.74. The number of carbonyl (C=O) groups is 2. The van der Waals surface area contributed by atoms with Crippen molar-refractivity contribution in [3.8, 4) is 5.75 Å². The standard InChI is InChI=1S/C13H7F3O3S2/c14-13(15,16)19-6-1-2-7-8(5-6)11(18)9(10(7)17)12-20-3-4-21-12/h1-2,5H,3-4H2. The number of benzene rings is 1. The molecule has 1 heterocycles. The van der Waals surface area contributed by atoms with E-state index in [0.717, 1.165) is 23.6 Å². The Bertz CT molecular complexity index is 672. The van der Waals surface area contributed by atoms with E-state index in [0.29, 0.717) is 4.24 Å². The monoisotopic (exact) mass is 332 g/mol. The van der Waals surface area contributed by atoms with E-state index in [1.54, 1.807) is 0 Å². The Labute approximate surface area is 125 Å². The van der Waals surface area contributed by atoms with Crippen molar-refractivity contribution in [2.45, 2.75) is 6.36 Å². The van der Waals surface area contributed by atoms with E-state index in [-0.39, 0.29) is 16.7 Å². The van der Waals surface area contributed by atoms with Gasteiger partial charge in [-0.1, -0.05) is 0 Å². The molecule has 2 aliphatic rings. The highest BCUT2D eigenvalue weighted by Gasteiger charge is 2.38. The molecule has 0 unspecified atom stereocenters. The van der Waals surface area contributed by atoms with Crippen LogP contribution in [-0.4, -0.2) is 29.4 Å². The van der Waals surface area contributed by atoms with Gasteiger partial charge in [0.25, 0.3) is 0 Å². The molecule has 1 aliphatic carbocycles. The first kappa shape index (κ1) is 14.5. The number of hydrogen-bond acceptors (Lipinski definition) is 5. The number of Topliss-reactive ketones (excluding diaryl/α,β-unsaturated/α-hetero) is 2. The fraction of sp³-hybridized carbons (Fsp3) is 0.231. The Morgan fingerprint density at radius 2 is 1.62 bits per heavy atom. The van der Waals surface area contributed by atoms with Gasteiger partial charge in [-0.3, -0.25) is 9.59 Å². The molecule has 110 valence electrons. The molecule has 3 rings (SSSR count). The first-order chi connectivity index (χ1) is 9.87. The van der Waals surface area contributed by atoms with Crippen LogP contribution >= 0.6 is 23.5 Å². The van der Waals surface area contributed by atoms with Gasteiger partial charge in [-0.25, -0.2) is 0 Å². The third-order valence-corrected chi connectivity index (χ3v) is 5.64. The summed E-state index contributed by atoms with van der Waals surface area (Å²) in [6.45, 7) is 0. The van der Waals surface area contributed by atoms with E-state index in [4.69, 9.17) is 0 Å². The summed E-state index contributed by atoms with van der Waals surface area (Å²) in [6, 6.07) is 3.22. The summed E-state index contributed by atoms with van der Waals surface area (Å²) in [6.07, 6.45) is -4.83. The van der Waals surface area contributed by atoms with Crippen molar-refractivity contribution in [2.75, 3.05) is 11.5 Å². The van der Waals surface area contributed by atoms with E-state index in [1.165, 1.54) is 29.6 Å². The van der Waals surface area contributed by atoms with Crippen molar-refractivity contribution in [1.82, 2.24) is 0 Å². The molecule has 1 aromatic carbocycles. The summed E-state index contributed by atoms with van der Waals surface area (Å²) in [5.74, 6) is 0.163. The van der Waals surface area contributed by atoms with Gasteiger partial charge in [-0.2, -0.15) is 0 Å². The fourth-order valence-electron chi connectivity index (χ4n) is 2.12. The minimum atomic E-state index is -4.83. The number of rotatable bonds is 1. The predicted octanol–water partition coefficient (Wildman–Crippen LogP) is 3.66. The summed E-state index contributed by atoms with van der Waals surface area (Å²) in [5.41, 5.74) is 0.170. The molecule has 1 fully saturated rings. The molecular weight excluding hydrogens is 325 g/mol. The summed E-state index contributed by atoms with van der Waals surface area (Å²) >= 11 is 2.84. The topological polar surface area (TPSA) is 43.4 Å². The molecule has 0 atom stereocenters. The lowest BCUT2D eigenvalue weighted by molar-refractivity contribution is -0.274. The van der Waals surface area contributed by atoms with Gasteiger partial charge in [0.15, 0.2) is 11.6 Å². The molecule has 3 nitrogen and oxygen atoms in total. The first-order valence-electron chi connectivity index (χ1n) is 5.86. The molecule has 0 radical (unpaired) electrons. The molecule has 0 amide bonds. The Morgan fingerprint density at radius 3 is 2.24 bits per heavy atom. The first-order valence-corrected chi connectivity index (χ1v) is 7.83. The number of ether oxygens (including phenoxy) is 1. The van der Waals surface area contributed by atoms with E-state index >= 15 is 0 Å². The van der Waals surface area contributed by atoms with Crippen molar-refractivity contribution in [3.63, 3.8) is 0 Å². The van der Waals surface area contributed by atoms with Crippen LogP contribution in [0.1, 0.15) is 20.7 Å². The second-order valence-electron chi connectivity index (χ2n) is 4.27. The Morgan fingerprint density at radius 1 is 1.00 bits per heavy atom. The minimum absolute atomic E-state index is 0.0302. The van der Waals surface area contributed by atoms with Gasteiger partial charge >= 0.3 is 6.36 Å². The molecular formula is C13H7F3O3S2. The van der Waals surface area contributed by atoms with Crippen LogP contribution in [0.2, 0.25) is 0 Å². The van der Waals surface area contributed by atoms with Gasteiger partial charge in [0.2, 0.25) is 0 Å². The zero-order valence-electron chi connectivity index (χ0n) is 10.3. The molecule has 0 spiro atoms. The number of allylic oxidation sites excluding steroid dienone is 1. The van der Waals surface area contributed by atoms with Crippen molar-refractivity contribution < 1.29 is 27.5 Å². The maximum absolute atomic E-state index is 12.3. The highest BCUT2D eigenvalue weighted by molar-refractivity contribution is 8.25. The average molecular weight is 332 g/mol. The lowest BCUT2D eigenvalue weighted by atomic mass is 10.1. The number of carbonyl (C=O) groups excluding carboxylic acids is 2. The summed E-state index contributed by atoms with van der Waals surface area (Å²) in [4.78, 5) is 24.5. The van der Waals surface area contributed by atoms with Crippen LogP contribution in [0.3, 0.4) is 0 Å². The molecule has 0 saturated carbocycles. The van der Waals surface area contributed by atoms with Crippen LogP contribution < -0.4 is 4.74 Å². The van der Waals surface area contributed by atoms with E-state index < -0.39 is 23.7 Å². The molecule has 1 saturated heterocycles. The van der Waals surface area contributed by atoms with Crippen molar-refractivity contribution in [1.29, 1.82) is 0 Å². The molecule has 8 heteroatoms. The zero-order valence-corrected chi connectivity index (χ0v) is 12.0. The van der Waals surface area contributed by atoms with Crippen molar-refractivity contribution >= 4 is 35.1 Å². The largest absolute Gasteiger partial charge is 0.573 e. The number of fused-ring (bicyclic) bond motifs is 1. The number of halogens is 3. The summed E-state index contributed by atoms with van der Waals surface area (Å²) in [7, 11) is 0. The number of alkyl halides is 3. The number of thioether (sulfide) groups is 2.